The highest BCUT2D eigenvalue weighted by Crippen LogP contribution is 2.29. The first kappa shape index (κ1) is 15.7. The predicted octanol–water partition coefficient (Wildman–Crippen LogP) is 2.40. The molecule has 0 aromatic carbocycles. The minimum Gasteiger partial charge on any atom is -0.364 e. The van der Waals surface area contributed by atoms with Crippen molar-refractivity contribution in [3.8, 4) is 0 Å². The third kappa shape index (κ3) is 3.60. The molecule has 1 aliphatic rings. The predicted molar refractivity (Wildman–Crippen MR) is 81.6 cm³/mol. The Hall–Kier alpha value is -2.18. The smallest absolute Gasteiger partial charge is 0.231 e. The molecule has 7 nitrogen and oxygen atoms in total. The molecule has 0 radical (unpaired) electrons. The molecule has 3 heterocycles. The summed E-state index contributed by atoms with van der Waals surface area (Å²) in [5, 5.41) is 7.86. The number of piperidine rings is 1. The number of carbonyl (C=O) groups excluding carboxylic acids is 1. The summed E-state index contributed by atoms with van der Waals surface area (Å²) < 4.78 is 10.2. The quantitative estimate of drug-likeness (QED) is 0.864. The molecular formula is C16H22N4O3. The van der Waals surface area contributed by atoms with Crippen molar-refractivity contribution in [2.45, 2.75) is 46.0 Å². The molecule has 1 atom stereocenters. The van der Waals surface area contributed by atoms with E-state index in [4.69, 9.17) is 9.05 Å². The lowest BCUT2D eigenvalue weighted by Crippen LogP contribution is -2.44. The Kier molecular flexibility index (Phi) is 4.19. The zero-order chi connectivity index (χ0) is 16.4. The van der Waals surface area contributed by atoms with Crippen molar-refractivity contribution in [3.05, 3.63) is 29.7 Å². The lowest BCUT2D eigenvalue weighted by atomic mass is 9.91. The van der Waals surface area contributed by atoms with Crippen LogP contribution in [-0.2, 0) is 11.2 Å². The number of aromatic nitrogens is 3. The largest absolute Gasteiger partial charge is 0.364 e. The summed E-state index contributed by atoms with van der Waals surface area (Å²) in [6.07, 6.45) is 3.91. The number of likely N-dealkylation sites (tertiary alicyclic amines) is 1. The average molecular weight is 318 g/mol. The van der Waals surface area contributed by atoms with E-state index >= 15 is 0 Å². The van der Waals surface area contributed by atoms with E-state index in [2.05, 4.69) is 15.3 Å². The van der Waals surface area contributed by atoms with Gasteiger partial charge in [0.2, 0.25) is 11.8 Å². The zero-order valence-corrected chi connectivity index (χ0v) is 13.8. The van der Waals surface area contributed by atoms with Crippen LogP contribution in [0.3, 0.4) is 0 Å². The Labute approximate surface area is 135 Å². The lowest BCUT2D eigenvalue weighted by Gasteiger charge is -2.35. The number of nitrogens with zero attached hydrogens (tertiary/aromatic N) is 4. The molecule has 124 valence electrons. The fourth-order valence-electron chi connectivity index (χ4n) is 2.83. The van der Waals surface area contributed by atoms with Crippen molar-refractivity contribution < 1.29 is 13.8 Å². The molecule has 0 N–H and O–H groups in total. The summed E-state index contributed by atoms with van der Waals surface area (Å²) in [7, 11) is 0. The summed E-state index contributed by atoms with van der Waals surface area (Å²) in [4.78, 5) is 18.8. The molecule has 0 unspecified atom stereocenters. The van der Waals surface area contributed by atoms with Gasteiger partial charge in [-0.05, 0) is 12.8 Å². The van der Waals surface area contributed by atoms with E-state index in [0.29, 0.717) is 24.7 Å². The van der Waals surface area contributed by atoms with Gasteiger partial charge in [-0.1, -0.05) is 31.1 Å². The normalized spacial score (nSPS) is 19.1. The minimum atomic E-state index is -0.366. The fraction of sp³-hybridized carbons (Fsp3) is 0.625. The third-order valence-electron chi connectivity index (χ3n) is 4.01. The van der Waals surface area contributed by atoms with Crippen LogP contribution >= 0.6 is 0 Å². The van der Waals surface area contributed by atoms with Crippen LogP contribution < -0.4 is 0 Å². The molecule has 0 aliphatic carbocycles. The van der Waals surface area contributed by atoms with Gasteiger partial charge in [0, 0.05) is 24.6 Å². The molecule has 7 heteroatoms. The maximum atomic E-state index is 12.5. The SMILES string of the molecule is CC(C)(C)C(=O)N1CCC[C@H](c2nc(Cc3ccon3)no2)C1. The second kappa shape index (κ2) is 6.14. The van der Waals surface area contributed by atoms with E-state index in [0.717, 1.165) is 25.1 Å². The fourth-order valence-corrected chi connectivity index (χ4v) is 2.83. The molecule has 0 saturated carbocycles. The number of carbonyl (C=O) groups is 1. The molecule has 23 heavy (non-hydrogen) atoms. The summed E-state index contributed by atoms with van der Waals surface area (Å²) in [5.74, 6) is 1.47. The van der Waals surface area contributed by atoms with E-state index in [9.17, 15) is 4.79 Å². The highest BCUT2D eigenvalue weighted by Gasteiger charge is 2.33. The maximum Gasteiger partial charge on any atom is 0.231 e. The first-order valence-electron chi connectivity index (χ1n) is 7.94. The van der Waals surface area contributed by atoms with Crippen LogP contribution in [0.4, 0.5) is 0 Å². The van der Waals surface area contributed by atoms with Crippen molar-refractivity contribution >= 4 is 5.91 Å². The van der Waals surface area contributed by atoms with Crippen molar-refractivity contribution in [1.82, 2.24) is 20.2 Å². The zero-order valence-electron chi connectivity index (χ0n) is 13.8. The Morgan fingerprint density at radius 3 is 2.91 bits per heavy atom. The molecule has 2 aromatic heterocycles. The molecule has 3 rings (SSSR count). The number of hydrogen-bond acceptors (Lipinski definition) is 6. The topological polar surface area (TPSA) is 85.3 Å². The summed E-state index contributed by atoms with van der Waals surface area (Å²) in [6, 6.07) is 1.78. The number of hydrogen-bond donors (Lipinski definition) is 0. The van der Waals surface area contributed by atoms with Crippen LogP contribution in [0.2, 0.25) is 0 Å². The molecule has 1 aliphatic heterocycles. The standard InChI is InChI=1S/C16H22N4O3/c1-16(2,3)15(21)20-7-4-5-11(10-20)14-17-13(19-23-14)9-12-6-8-22-18-12/h6,8,11H,4-5,7,9-10H2,1-3H3/t11-/m0/s1. The van der Waals surface area contributed by atoms with E-state index in [1.807, 2.05) is 25.7 Å². The monoisotopic (exact) mass is 318 g/mol. The first-order valence-corrected chi connectivity index (χ1v) is 7.94. The number of amides is 1. The highest BCUT2D eigenvalue weighted by atomic mass is 16.5. The van der Waals surface area contributed by atoms with Gasteiger partial charge in [-0.25, -0.2) is 0 Å². The summed E-state index contributed by atoms with van der Waals surface area (Å²) in [5.41, 5.74) is 0.403. The Balaban J connectivity index is 1.67. The number of rotatable bonds is 3. The van der Waals surface area contributed by atoms with Gasteiger partial charge < -0.3 is 13.9 Å². The molecule has 1 fully saturated rings. The lowest BCUT2D eigenvalue weighted by molar-refractivity contribution is -0.140. The second-order valence-electron chi connectivity index (χ2n) is 7.06. The minimum absolute atomic E-state index is 0.105. The van der Waals surface area contributed by atoms with Crippen molar-refractivity contribution in [2.75, 3.05) is 13.1 Å². The average Bonchev–Trinajstić information content (AvgIpc) is 3.18. The van der Waals surface area contributed by atoms with Gasteiger partial charge in [0.15, 0.2) is 5.82 Å². The van der Waals surface area contributed by atoms with E-state index in [1.54, 1.807) is 6.07 Å². The molecule has 1 saturated heterocycles. The Morgan fingerprint density at radius 1 is 1.39 bits per heavy atom. The molecule has 0 spiro atoms. The van der Waals surface area contributed by atoms with E-state index in [1.165, 1.54) is 6.26 Å². The van der Waals surface area contributed by atoms with Crippen LogP contribution in [0.1, 0.15) is 56.9 Å². The summed E-state index contributed by atoms with van der Waals surface area (Å²) in [6.45, 7) is 7.28. The first-order chi connectivity index (χ1) is 10.9. The maximum absolute atomic E-state index is 12.5. The molecular weight excluding hydrogens is 296 g/mol. The van der Waals surface area contributed by atoms with E-state index < -0.39 is 0 Å². The second-order valence-corrected chi connectivity index (χ2v) is 7.06. The van der Waals surface area contributed by atoms with Crippen LogP contribution in [-0.4, -0.2) is 39.2 Å². The van der Waals surface area contributed by atoms with Crippen LogP contribution in [0.5, 0.6) is 0 Å². The van der Waals surface area contributed by atoms with Crippen LogP contribution in [0, 0.1) is 5.41 Å². The van der Waals surface area contributed by atoms with Crippen LogP contribution in [0.15, 0.2) is 21.4 Å². The van der Waals surface area contributed by atoms with Gasteiger partial charge in [-0.3, -0.25) is 4.79 Å². The van der Waals surface area contributed by atoms with Gasteiger partial charge >= 0.3 is 0 Å². The van der Waals surface area contributed by atoms with Gasteiger partial charge in [0.1, 0.15) is 6.26 Å². The Bertz CT molecular complexity index is 657. The van der Waals surface area contributed by atoms with Gasteiger partial charge in [0.25, 0.3) is 0 Å². The summed E-state index contributed by atoms with van der Waals surface area (Å²) >= 11 is 0. The van der Waals surface area contributed by atoms with Gasteiger partial charge in [0.05, 0.1) is 18.0 Å². The van der Waals surface area contributed by atoms with Crippen molar-refractivity contribution in [1.29, 1.82) is 0 Å². The van der Waals surface area contributed by atoms with Crippen LogP contribution in [0.25, 0.3) is 0 Å². The molecule has 1 amide bonds. The highest BCUT2D eigenvalue weighted by molar-refractivity contribution is 5.81. The van der Waals surface area contributed by atoms with Crippen molar-refractivity contribution in [2.24, 2.45) is 5.41 Å². The third-order valence-corrected chi connectivity index (χ3v) is 4.01. The molecule has 2 aromatic rings. The van der Waals surface area contributed by atoms with Gasteiger partial charge in [-0.15, -0.1) is 0 Å². The molecule has 0 bridgehead atoms. The van der Waals surface area contributed by atoms with Crippen molar-refractivity contribution in [3.63, 3.8) is 0 Å². The van der Waals surface area contributed by atoms with E-state index in [-0.39, 0.29) is 17.2 Å². The van der Waals surface area contributed by atoms with Gasteiger partial charge in [-0.2, -0.15) is 4.98 Å². The Morgan fingerprint density at radius 2 is 2.22 bits per heavy atom.